The van der Waals surface area contributed by atoms with E-state index in [1.54, 1.807) is 7.11 Å². The summed E-state index contributed by atoms with van der Waals surface area (Å²) in [7, 11) is 1.55. The summed E-state index contributed by atoms with van der Waals surface area (Å²) in [6, 6.07) is 0. The Morgan fingerprint density at radius 3 is 2.05 bits per heavy atom. The van der Waals surface area contributed by atoms with E-state index in [1.807, 2.05) is 0 Å². The van der Waals surface area contributed by atoms with Crippen molar-refractivity contribution in [3.8, 4) is 0 Å². The normalized spacial score (nSPS) is 49.5. The first kappa shape index (κ1) is 35.0. The van der Waals surface area contributed by atoms with E-state index in [0.29, 0.717) is 19.3 Å². The summed E-state index contributed by atoms with van der Waals surface area (Å²) in [6.07, 6.45) is -16.7. The molecule has 250 valence electrons. The van der Waals surface area contributed by atoms with Crippen LogP contribution in [0.4, 0.5) is 0 Å². The van der Waals surface area contributed by atoms with Crippen LogP contribution in [0.15, 0.2) is 0 Å². The Morgan fingerprint density at radius 1 is 0.767 bits per heavy atom. The lowest BCUT2D eigenvalue weighted by Crippen LogP contribution is -2.64. The maximum absolute atomic E-state index is 13.0. The van der Waals surface area contributed by atoms with E-state index in [1.165, 1.54) is 6.92 Å². The van der Waals surface area contributed by atoms with Gasteiger partial charge in [-0.25, -0.2) is 0 Å². The number of Topliss-reactive ketones (excluding diaryl/α,β-unsaturated/α-hetero) is 1. The predicted octanol–water partition coefficient (Wildman–Crippen LogP) is -3.32. The van der Waals surface area contributed by atoms with Crippen LogP contribution in [0.3, 0.4) is 0 Å². The van der Waals surface area contributed by atoms with Crippen LogP contribution in [0.1, 0.15) is 51.9 Å². The first-order valence-electron chi connectivity index (χ1n) is 15.1. The van der Waals surface area contributed by atoms with Crippen molar-refractivity contribution in [2.45, 2.75) is 144 Å². The van der Waals surface area contributed by atoms with Gasteiger partial charge in [-0.05, 0) is 38.5 Å². The molecule has 15 nitrogen and oxygen atoms in total. The SMILES string of the molecule is COC1CCC(CCC(=O)C2C(O)CC(OC3OC(CO)C(O)C(O)C3OC3OC(C)C(O)C(O)C3O)CC2O)CC1O. The van der Waals surface area contributed by atoms with E-state index in [0.717, 1.165) is 6.42 Å². The fourth-order valence-electron chi connectivity index (χ4n) is 6.76. The van der Waals surface area contributed by atoms with Crippen LogP contribution in [0.25, 0.3) is 0 Å². The maximum atomic E-state index is 13.0. The Labute approximate surface area is 249 Å². The van der Waals surface area contributed by atoms with Gasteiger partial charge in [-0.1, -0.05) is 0 Å². The average Bonchev–Trinajstić information content (AvgIpc) is 2.96. The van der Waals surface area contributed by atoms with Crippen molar-refractivity contribution in [3.63, 3.8) is 0 Å². The summed E-state index contributed by atoms with van der Waals surface area (Å²) < 4.78 is 28.0. The summed E-state index contributed by atoms with van der Waals surface area (Å²) in [5, 5.41) is 93.4. The Kier molecular flexibility index (Phi) is 12.3. The van der Waals surface area contributed by atoms with Gasteiger partial charge in [0, 0.05) is 26.4 Å². The highest BCUT2D eigenvalue weighted by Gasteiger charge is 2.52. The average molecular weight is 625 g/mol. The van der Waals surface area contributed by atoms with Crippen LogP contribution in [0.2, 0.25) is 0 Å². The third-order valence-electron chi connectivity index (χ3n) is 9.43. The van der Waals surface area contributed by atoms with Crippen LogP contribution in [0, 0.1) is 11.8 Å². The molecule has 0 spiro atoms. The Bertz CT molecular complexity index is 882. The van der Waals surface area contributed by atoms with Gasteiger partial charge in [-0.15, -0.1) is 0 Å². The number of carbonyl (C=O) groups is 1. The molecule has 0 radical (unpaired) electrons. The Hall–Kier alpha value is -0.890. The Balaban J connectivity index is 1.37. The molecule has 15 atom stereocenters. The van der Waals surface area contributed by atoms with Crippen molar-refractivity contribution in [1.82, 2.24) is 0 Å². The van der Waals surface area contributed by atoms with Gasteiger partial charge in [-0.2, -0.15) is 0 Å². The highest BCUT2D eigenvalue weighted by molar-refractivity contribution is 5.82. The van der Waals surface area contributed by atoms with Gasteiger partial charge in [0.15, 0.2) is 12.6 Å². The third kappa shape index (κ3) is 7.92. The molecular weight excluding hydrogens is 576 g/mol. The number of carbonyl (C=O) groups excluding carboxylic acids is 1. The monoisotopic (exact) mass is 624 g/mol. The molecule has 9 N–H and O–H groups in total. The lowest BCUT2D eigenvalue weighted by atomic mass is 9.76. The van der Waals surface area contributed by atoms with Crippen molar-refractivity contribution < 1.29 is 74.4 Å². The van der Waals surface area contributed by atoms with Crippen LogP contribution < -0.4 is 0 Å². The van der Waals surface area contributed by atoms with Crippen LogP contribution in [0.5, 0.6) is 0 Å². The van der Waals surface area contributed by atoms with Gasteiger partial charge in [0.1, 0.15) is 48.5 Å². The minimum absolute atomic E-state index is 0.0787. The van der Waals surface area contributed by atoms with Gasteiger partial charge in [0.25, 0.3) is 0 Å². The van der Waals surface area contributed by atoms with Crippen molar-refractivity contribution in [1.29, 1.82) is 0 Å². The van der Waals surface area contributed by atoms with Crippen molar-refractivity contribution in [2.24, 2.45) is 11.8 Å². The number of aliphatic hydroxyl groups is 9. The number of aliphatic hydroxyl groups excluding tert-OH is 9. The third-order valence-corrected chi connectivity index (χ3v) is 9.43. The number of rotatable bonds is 10. The van der Waals surface area contributed by atoms with E-state index in [4.69, 9.17) is 23.7 Å². The molecule has 0 aromatic rings. The van der Waals surface area contributed by atoms with E-state index < -0.39 is 98.4 Å². The maximum Gasteiger partial charge on any atom is 0.187 e. The molecule has 0 bridgehead atoms. The molecule has 2 aliphatic heterocycles. The molecule has 2 heterocycles. The summed E-state index contributed by atoms with van der Waals surface area (Å²) in [5.74, 6) is -1.22. The highest BCUT2D eigenvalue weighted by Crippen LogP contribution is 2.36. The van der Waals surface area contributed by atoms with Gasteiger partial charge in [0.05, 0.1) is 49.1 Å². The summed E-state index contributed by atoms with van der Waals surface area (Å²) in [4.78, 5) is 13.0. The van der Waals surface area contributed by atoms with Crippen LogP contribution >= 0.6 is 0 Å². The van der Waals surface area contributed by atoms with Gasteiger partial charge >= 0.3 is 0 Å². The molecule has 4 rings (SSSR count). The zero-order valence-electron chi connectivity index (χ0n) is 24.4. The molecule has 2 saturated heterocycles. The smallest absolute Gasteiger partial charge is 0.187 e. The molecule has 15 unspecified atom stereocenters. The van der Waals surface area contributed by atoms with Gasteiger partial charge in [0.2, 0.25) is 0 Å². The fraction of sp³-hybridized carbons (Fsp3) is 0.964. The molecule has 4 fully saturated rings. The molecule has 43 heavy (non-hydrogen) atoms. The molecule has 0 aromatic heterocycles. The lowest BCUT2D eigenvalue weighted by Gasteiger charge is -2.47. The molecule has 4 aliphatic rings. The van der Waals surface area contributed by atoms with Crippen molar-refractivity contribution >= 4 is 5.78 Å². The number of hydrogen-bond donors (Lipinski definition) is 9. The predicted molar refractivity (Wildman–Crippen MR) is 143 cm³/mol. The number of ether oxygens (including phenoxy) is 5. The summed E-state index contributed by atoms with van der Waals surface area (Å²) in [5.41, 5.74) is 0. The van der Waals surface area contributed by atoms with E-state index in [9.17, 15) is 50.8 Å². The number of ketones is 1. The van der Waals surface area contributed by atoms with Crippen molar-refractivity contribution in [2.75, 3.05) is 13.7 Å². The zero-order chi connectivity index (χ0) is 31.6. The van der Waals surface area contributed by atoms with E-state index >= 15 is 0 Å². The number of hydrogen-bond acceptors (Lipinski definition) is 15. The van der Waals surface area contributed by atoms with Crippen LogP contribution in [-0.4, -0.2) is 157 Å². The van der Waals surface area contributed by atoms with Gasteiger partial charge < -0.3 is 69.6 Å². The molecular formula is C28H48O15. The first-order valence-corrected chi connectivity index (χ1v) is 15.1. The standard InChI is InChI=1S/C28H48O15/c1-11-21(34)23(36)25(38)27(40-11)43-26-24(37)22(35)19(10-29)42-28(26)41-13-8-16(32)20(17(33)9-13)14(30)5-3-12-4-6-18(39-2)15(31)7-12/h11-13,15-29,31-38H,3-10H2,1-2H3. The molecule has 0 aromatic carbocycles. The van der Waals surface area contributed by atoms with E-state index in [2.05, 4.69) is 0 Å². The molecule has 2 aliphatic carbocycles. The minimum Gasteiger partial charge on any atom is -0.394 e. The van der Waals surface area contributed by atoms with E-state index in [-0.39, 0.29) is 37.1 Å². The zero-order valence-corrected chi connectivity index (χ0v) is 24.4. The lowest BCUT2D eigenvalue weighted by molar-refractivity contribution is -0.371. The molecule has 2 saturated carbocycles. The second-order valence-corrected chi connectivity index (χ2v) is 12.4. The number of methoxy groups -OCH3 is 1. The largest absolute Gasteiger partial charge is 0.394 e. The van der Waals surface area contributed by atoms with Crippen molar-refractivity contribution in [3.05, 3.63) is 0 Å². The second kappa shape index (κ2) is 15.1. The Morgan fingerprint density at radius 2 is 1.44 bits per heavy atom. The van der Waals surface area contributed by atoms with Gasteiger partial charge in [-0.3, -0.25) is 4.79 Å². The topological polar surface area (TPSA) is 245 Å². The van der Waals surface area contributed by atoms with Crippen LogP contribution in [-0.2, 0) is 28.5 Å². The summed E-state index contributed by atoms with van der Waals surface area (Å²) >= 11 is 0. The fourth-order valence-corrected chi connectivity index (χ4v) is 6.76. The quantitative estimate of drug-likeness (QED) is 0.115. The first-order chi connectivity index (χ1) is 20.4. The highest BCUT2D eigenvalue weighted by atomic mass is 16.8. The molecule has 15 heteroatoms. The molecule has 0 amide bonds. The summed E-state index contributed by atoms with van der Waals surface area (Å²) in [6.45, 7) is 0.748. The minimum atomic E-state index is -1.73. The second-order valence-electron chi connectivity index (χ2n) is 12.4.